The molecule has 0 radical (unpaired) electrons. The third-order valence-corrected chi connectivity index (χ3v) is 3.57. The highest BCUT2D eigenvalue weighted by molar-refractivity contribution is 7.95. The molecule has 0 amide bonds. The van der Waals surface area contributed by atoms with E-state index in [4.69, 9.17) is 0 Å². The molecule has 1 N–H and O–H groups in total. The number of hydrogen-bond acceptors (Lipinski definition) is 3. The van der Waals surface area contributed by atoms with Crippen molar-refractivity contribution in [2.24, 2.45) is 0 Å². The summed E-state index contributed by atoms with van der Waals surface area (Å²) in [5.41, 5.74) is 0.860. The number of benzene rings is 2. The topological polar surface area (TPSA) is 55.4 Å². The molecule has 0 aliphatic carbocycles. The Labute approximate surface area is 127 Å². The van der Waals surface area contributed by atoms with Crippen LogP contribution in [0.15, 0.2) is 60.0 Å². The van der Waals surface area contributed by atoms with E-state index in [0.717, 1.165) is 11.0 Å². The van der Waals surface area contributed by atoms with E-state index in [-0.39, 0.29) is 11.4 Å². The Bertz CT molecular complexity index is 746. The molecule has 0 saturated heterocycles. The molecule has 0 aliphatic heterocycles. The van der Waals surface area contributed by atoms with Gasteiger partial charge in [-0.25, -0.2) is 8.42 Å². The summed E-state index contributed by atoms with van der Waals surface area (Å²) in [6.07, 6.45) is 1.43. The normalized spacial score (nSPS) is 11.8. The number of halogens is 2. The molecule has 0 atom stereocenters. The molecule has 2 aromatic carbocycles. The molecule has 0 unspecified atom stereocenters. The molecular weight excluding hydrogens is 312 g/mol. The number of nitrogens with one attached hydrogen (secondary N) is 1. The van der Waals surface area contributed by atoms with E-state index in [2.05, 4.69) is 9.46 Å². The molecular formula is C15H13F2NO3S. The zero-order valence-electron chi connectivity index (χ0n) is 11.3. The number of rotatable bonds is 6. The fraction of sp³-hybridized carbons (Fsp3) is 0.0667. The van der Waals surface area contributed by atoms with Crippen molar-refractivity contribution in [3.63, 3.8) is 0 Å². The van der Waals surface area contributed by atoms with E-state index in [1.807, 2.05) is 6.07 Å². The minimum atomic E-state index is -3.75. The molecule has 0 spiro atoms. The van der Waals surface area contributed by atoms with E-state index < -0.39 is 16.6 Å². The number of alkyl halides is 2. The Morgan fingerprint density at radius 2 is 1.77 bits per heavy atom. The molecule has 2 aromatic rings. The van der Waals surface area contributed by atoms with Gasteiger partial charge in [0.25, 0.3) is 10.0 Å². The van der Waals surface area contributed by atoms with Crippen LogP contribution in [-0.4, -0.2) is 15.0 Å². The minimum absolute atomic E-state index is 0.123. The predicted octanol–water partition coefficient (Wildman–Crippen LogP) is 3.70. The van der Waals surface area contributed by atoms with Gasteiger partial charge in [-0.1, -0.05) is 36.4 Å². The van der Waals surface area contributed by atoms with Crippen LogP contribution in [0.5, 0.6) is 5.75 Å². The summed E-state index contributed by atoms with van der Waals surface area (Å²) in [6, 6.07) is 14.2. The Balaban J connectivity index is 2.10. The third-order valence-electron chi connectivity index (χ3n) is 2.56. The van der Waals surface area contributed by atoms with E-state index in [9.17, 15) is 17.2 Å². The molecule has 4 nitrogen and oxygen atoms in total. The van der Waals surface area contributed by atoms with Crippen LogP contribution >= 0.6 is 0 Å². The average Bonchev–Trinajstić information content (AvgIpc) is 2.45. The molecule has 0 fully saturated rings. The fourth-order valence-corrected chi connectivity index (χ4v) is 2.53. The Kier molecular flexibility index (Phi) is 5.11. The molecule has 0 aliphatic rings. The summed E-state index contributed by atoms with van der Waals surface area (Å²) in [4.78, 5) is 0. The highest BCUT2D eigenvalue weighted by Gasteiger charge is 2.08. The van der Waals surface area contributed by atoms with Gasteiger partial charge in [0, 0.05) is 6.07 Å². The van der Waals surface area contributed by atoms with Crippen LogP contribution < -0.4 is 9.46 Å². The third kappa shape index (κ3) is 5.17. The lowest BCUT2D eigenvalue weighted by molar-refractivity contribution is -0.0497. The summed E-state index contributed by atoms with van der Waals surface area (Å²) in [7, 11) is -3.75. The fourth-order valence-electron chi connectivity index (χ4n) is 1.67. The second kappa shape index (κ2) is 7.04. The second-order valence-electron chi connectivity index (χ2n) is 4.27. The van der Waals surface area contributed by atoms with Crippen molar-refractivity contribution in [2.45, 2.75) is 6.61 Å². The van der Waals surface area contributed by atoms with Gasteiger partial charge in [0.05, 0.1) is 11.1 Å². The first kappa shape index (κ1) is 16.0. The van der Waals surface area contributed by atoms with Gasteiger partial charge < -0.3 is 4.74 Å². The molecule has 0 heterocycles. The molecule has 0 bridgehead atoms. The van der Waals surface area contributed by atoms with E-state index in [0.29, 0.717) is 0 Å². The average molecular weight is 325 g/mol. The van der Waals surface area contributed by atoms with Gasteiger partial charge in [0.1, 0.15) is 5.75 Å². The van der Waals surface area contributed by atoms with Crippen molar-refractivity contribution >= 4 is 21.8 Å². The van der Waals surface area contributed by atoms with Crippen LogP contribution in [-0.2, 0) is 10.0 Å². The Hall–Kier alpha value is -2.41. The van der Waals surface area contributed by atoms with Gasteiger partial charge >= 0.3 is 6.61 Å². The monoisotopic (exact) mass is 325 g/mol. The maximum Gasteiger partial charge on any atom is 0.387 e. The predicted molar refractivity (Wildman–Crippen MR) is 81.1 cm³/mol. The van der Waals surface area contributed by atoms with Gasteiger partial charge in [0.2, 0.25) is 0 Å². The number of sulfonamides is 1. The van der Waals surface area contributed by atoms with Crippen LogP contribution in [0.3, 0.4) is 0 Å². The first-order valence-electron chi connectivity index (χ1n) is 6.25. The number of hydrogen-bond donors (Lipinski definition) is 1. The maximum atomic E-state index is 12.1. The molecule has 7 heteroatoms. The molecule has 2 rings (SSSR count). The Morgan fingerprint density at radius 1 is 1.05 bits per heavy atom. The van der Waals surface area contributed by atoms with Crippen LogP contribution in [0, 0.1) is 0 Å². The standard InChI is InChI=1S/C15H13F2NO3S/c16-15(17)21-14-8-4-7-13(11-14)18-22(19,20)10-9-12-5-2-1-3-6-12/h1-11,15,18H/b10-9+. The first-order valence-corrected chi connectivity index (χ1v) is 7.80. The molecule has 0 saturated carbocycles. The zero-order chi connectivity index (χ0) is 16.0. The molecule has 22 heavy (non-hydrogen) atoms. The SMILES string of the molecule is O=S(=O)(/C=C/c1ccccc1)Nc1cccc(OC(F)F)c1. The lowest BCUT2D eigenvalue weighted by atomic mass is 10.2. The summed E-state index contributed by atoms with van der Waals surface area (Å²) in [6.45, 7) is -2.97. The van der Waals surface area contributed by atoms with Crippen molar-refractivity contribution in [1.82, 2.24) is 0 Å². The summed E-state index contributed by atoms with van der Waals surface area (Å²) in [5.74, 6) is -0.123. The lowest BCUT2D eigenvalue weighted by Gasteiger charge is -2.08. The summed E-state index contributed by atoms with van der Waals surface area (Å²) in [5, 5.41) is 1.00. The summed E-state index contributed by atoms with van der Waals surface area (Å²) < 4.78 is 54.6. The summed E-state index contributed by atoms with van der Waals surface area (Å²) >= 11 is 0. The highest BCUT2D eigenvalue weighted by Crippen LogP contribution is 2.20. The van der Waals surface area contributed by atoms with Crippen LogP contribution in [0.25, 0.3) is 6.08 Å². The Morgan fingerprint density at radius 3 is 2.45 bits per heavy atom. The van der Waals surface area contributed by atoms with Crippen molar-refractivity contribution in [3.05, 3.63) is 65.6 Å². The maximum absolute atomic E-state index is 12.1. The van der Waals surface area contributed by atoms with E-state index in [1.54, 1.807) is 24.3 Å². The zero-order valence-corrected chi connectivity index (χ0v) is 12.1. The highest BCUT2D eigenvalue weighted by atomic mass is 32.2. The van der Waals surface area contributed by atoms with Gasteiger partial charge in [-0.05, 0) is 23.8 Å². The van der Waals surface area contributed by atoms with Crippen LogP contribution in [0.4, 0.5) is 14.5 Å². The number of anilines is 1. The molecule has 0 aromatic heterocycles. The van der Waals surface area contributed by atoms with Crippen molar-refractivity contribution < 1.29 is 21.9 Å². The smallest absolute Gasteiger partial charge is 0.387 e. The van der Waals surface area contributed by atoms with Crippen molar-refractivity contribution in [1.29, 1.82) is 0 Å². The van der Waals surface area contributed by atoms with Crippen molar-refractivity contribution in [2.75, 3.05) is 4.72 Å². The van der Waals surface area contributed by atoms with Gasteiger partial charge in [-0.15, -0.1) is 0 Å². The van der Waals surface area contributed by atoms with Gasteiger partial charge in [0.15, 0.2) is 0 Å². The van der Waals surface area contributed by atoms with E-state index >= 15 is 0 Å². The lowest BCUT2D eigenvalue weighted by Crippen LogP contribution is -2.09. The van der Waals surface area contributed by atoms with E-state index in [1.165, 1.54) is 30.3 Å². The van der Waals surface area contributed by atoms with Crippen LogP contribution in [0.1, 0.15) is 5.56 Å². The number of ether oxygens (including phenoxy) is 1. The largest absolute Gasteiger partial charge is 0.435 e. The van der Waals surface area contributed by atoms with Crippen LogP contribution in [0.2, 0.25) is 0 Å². The first-order chi connectivity index (χ1) is 10.4. The van der Waals surface area contributed by atoms with Crippen molar-refractivity contribution in [3.8, 4) is 5.75 Å². The minimum Gasteiger partial charge on any atom is -0.435 e. The van der Waals surface area contributed by atoms with Gasteiger partial charge in [-0.3, -0.25) is 4.72 Å². The molecule has 116 valence electrons. The van der Waals surface area contributed by atoms with Gasteiger partial charge in [-0.2, -0.15) is 8.78 Å². The quantitative estimate of drug-likeness (QED) is 0.881. The second-order valence-corrected chi connectivity index (χ2v) is 5.83.